The number of benzene rings is 2. The van der Waals surface area contributed by atoms with Crippen molar-refractivity contribution in [3.05, 3.63) is 76.7 Å². The van der Waals surface area contributed by atoms with E-state index in [1.807, 2.05) is 30.3 Å². The lowest BCUT2D eigenvalue weighted by Gasteiger charge is -2.24. The summed E-state index contributed by atoms with van der Waals surface area (Å²) in [5, 5.41) is 2.88. The zero-order chi connectivity index (χ0) is 24.0. The van der Waals surface area contributed by atoms with E-state index in [2.05, 4.69) is 38.2 Å². The minimum Gasteiger partial charge on any atom is -0.496 e. The molecule has 0 atom stereocenters. The molecule has 3 aromatic rings. The Morgan fingerprint density at radius 2 is 1.61 bits per heavy atom. The minimum absolute atomic E-state index is 0.0643. The highest BCUT2D eigenvalue weighted by Gasteiger charge is 2.21. The Labute approximate surface area is 195 Å². The lowest BCUT2D eigenvalue weighted by Crippen LogP contribution is -2.23. The highest BCUT2D eigenvalue weighted by Crippen LogP contribution is 2.32. The molecule has 6 nitrogen and oxygen atoms in total. The third-order valence-electron chi connectivity index (χ3n) is 6.15. The summed E-state index contributed by atoms with van der Waals surface area (Å²) in [4.78, 5) is 12.7. The van der Waals surface area contributed by atoms with Gasteiger partial charge in [-0.05, 0) is 47.7 Å². The first-order valence-electron chi connectivity index (χ1n) is 11.1. The first-order valence-corrected chi connectivity index (χ1v) is 11.1. The molecule has 1 heterocycles. The van der Waals surface area contributed by atoms with E-state index in [4.69, 9.17) is 18.6 Å². The number of amides is 1. The van der Waals surface area contributed by atoms with Crippen LogP contribution in [0.4, 0.5) is 0 Å². The van der Waals surface area contributed by atoms with E-state index in [1.54, 1.807) is 27.4 Å². The Hall–Kier alpha value is -3.41. The molecule has 0 saturated heterocycles. The normalized spacial score (nSPS) is 11.2. The molecule has 0 aliphatic heterocycles. The molecule has 0 fully saturated rings. The summed E-state index contributed by atoms with van der Waals surface area (Å²) < 4.78 is 22.2. The molecule has 1 N–H and O–H groups in total. The Balaban J connectivity index is 1.74. The second-order valence-electron chi connectivity index (χ2n) is 8.53. The molecule has 0 saturated carbocycles. The van der Waals surface area contributed by atoms with E-state index in [9.17, 15) is 4.79 Å². The van der Waals surface area contributed by atoms with Gasteiger partial charge in [-0.3, -0.25) is 4.79 Å². The van der Waals surface area contributed by atoms with Gasteiger partial charge in [-0.2, -0.15) is 0 Å². The number of methoxy groups -OCH3 is 3. The number of carbonyl (C=O) groups is 1. The molecular formula is C27H33NO5. The molecule has 2 aromatic carbocycles. The molecule has 176 valence electrons. The number of nitrogens with one attached hydrogen (secondary N) is 1. The molecule has 0 aliphatic carbocycles. The van der Waals surface area contributed by atoms with Crippen molar-refractivity contribution in [2.24, 2.45) is 0 Å². The van der Waals surface area contributed by atoms with Crippen LogP contribution in [0.15, 0.2) is 52.9 Å². The number of carbonyl (C=O) groups excluding carboxylic acids is 1. The molecule has 1 amide bonds. The molecular weight excluding hydrogens is 418 g/mol. The molecule has 0 spiro atoms. The molecule has 0 bridgehead atoms. The van der Waals surface area contributed by atoms with Crippen LogP contribution in [0.5, 0.6) is 17.2 Å². The van der Waals surface area contributed by atoms with Crippen LogP contribution < -0.4 is 19.5 Å². The third kappa shape index (κ3) is 5.51. The maximum atomic E-state index is 12.7. The van der Waals surface area contributed by atoms with E-state index < -0.39 is 0 Å². The summed E-state index contributed by atoms with van der Waals surface area (Å²) in [6, 6.07) is 15.3. The number of hydrogen-bond acceptors (Lipinski definition) is 5. The first kappa shape index (κ1) is 24.2. The fraction of sp³-hybridized carbons (Fsp3) is 0.370. The summed E-state index contributed by atoms with van der Waals surface area (Å²) >= 11 is 0. The highest BCUT2D eigenvalue weighted by atomic mass is 16.5. The van der Waals surface area contributed by atoms with Crippen LogP contribution in [0.25, 0.3) is 0 Å². The van der Waals surface area contributed by atoms with Crippen molar-refractivity contribution >= 4 is 5.91 Å². The summed E-state index contributed by atoms with van der Waals surface area (Å²) in [6.45, 7) is 6.89. The van der Waals surface area contributed by atoms with Crippen LogP contribution in [-0.4, -0.2) is 27.2 Å². The average Bonchev–Trinajstić information content (AvgIpc) is 3.30. The van der Waals surface area contributed by atoms with Gasteiger partial charge in [-0.25, -0.2) is 0 Å². The van der Waals surface area contributed by atoms with Crippen LogP contribution in [-0.2, 0) is 18.4 Å². The zero-order valence-electron chi connectivity index (χ0n) is 20.3. The molecule has 3 rings (SSSR count). The Bertz CT molecular complexity index is 1080. The van der Waals surface area contributed by atoms with E-state index in [-0.39, 0.29) is 23.6 Å². The first-order chi connectivity index (χ1) is 15.8. The van der Waals surface area contributed by atoms with Gasteiger partial charge in [0.25, 0.3) is 5.91 Å². The summed E-state index contributed by atoms with van der Waals surface area (Å²) in [5.41, 5.74) is 3.10. The predicted octanol–water partition coefficient (Wildman–Crippen LogP) is 5.51. The van der Waals surface area contributed by atoms with Crippen molar-refractivity contribution in [3.63, 3.8) is 0 Å². The Morgan fingerprint density at radius 1 is 0.939 bits per heavy atom. The summed E-state index contributed by atoms with van der Waals surface area (Å²) in [5.74, 6) is 2.74. The monoisotopic (exact) mass is 451 g/mol. The SMILES string of the molecule is CCC(C)(C)c1ccc(OC)c(Cc2ccc(C(=O)NCc3c(OC)cccc3OC)o2)c1. The van der Waals surface area contributed by atoms with Crippen LogP contribution in [0.1, 0.15) is 60.2 Å². The quantitative estimate of drug-likeness (QED) is 0.440. The average molecular weight is 452 g/mol. The smallest absolute Gasteiger partial charge is 0.287 e. The molecule has 33 heavy (non-hydrogen) atoms. The van der Waals surface area contributed by atoms with Gasteiger partial charge >= 0.3 is 0 Å². The van der Waals surface area contributed by atoms with Gasteiger partial charge in [-0.1, -0.05) is 39.0 Å². The topological polar surface area (TPSA) is 69.9 Å². The molecule has 1 aromatic heterocycles. The number of rotatable bonds is 10. The van der Waals surface area contributed by atoms with Crippen molar-refractivity contribution in [1.29, 1.82) is 0 Å². The fourth-order valence-electron chi connectivity index (χ4n) is 3.68. The number of ether oxygens (including phenoxy) is 3. The van der Waals surface area contributed by atoms with Gasteiger partial charge in [0.2, 0.25) is 0 Å². The zero-order valence-corrected chi connectivity index (χ0v) is 20.3. The third-order valence-corrected chi connectivity index (χ3v) is 6.15. The largest absolute Gasteiger partial charge is 0.496 e. The van der Waals surface area contributed by atoms with Gasteiger partial charge in [0.1, 0.15) is 23.0 Å². The predicted molar refractivity (Wildman–Crippen MR) is 129 cm³/mol. The van der Waals surface area contributed by atoms with Crippen LogP contribution >= 0.6 is 0 Å². The van der Waals surface area contributed by atoms with Gasteiger partial charge < -0.3 is 23.9 Å². The van der Waals surface area contributed by atoms with Crippen molar-refractivity contribution in [3.8, 4) is 17.2 Å². The Morgan fingerprint density at radius 3 is 2.21 bits per heavy atom. The van der Waals surface area contributed by atoms with Crippen molar-refractivity contribution in [2.75, 3.05) is 21.3 Å². The van der Waals surface area contributed by atoms with Crippen molar-refractivity contribution < 1.29 is 23.4 Å². The number of furan rings is 1. The van der Waals surface area contributed by atoms with Gasteiger partial charge in [0, 0.05) is 12.0 Å². The van der Waals surface area contributed by atoms with E-state index >= 15 is 0 Å². The molecule has 0 aliphatic rings. The molecule has 6 heteroatoms. The van der Waals surface area contributed by atoms with Crippen LogP contribution in [0.2, 0.25) is 0 Å². The second kappa shape index (κ2) is 10.5. The number of hydrogen-bond donors (Lipinski definition) is 1. The van der Waals surface area contributed by atoms with Gasteiger partial charge in [-0.15, -0.1) is 0 Å². The molecule has 0 radical (unpaired) electrons. The second-order valence-corrected chi connectivity index (χ2v) is 8.53. The van der Waals surface area contributed by atoms with Crippen LogP contribution in [0.3, 0.4) is 0 Å². The fourth-order valence-corrected chi connectivity index (χ4v) is 3.68. The standard InChI is InChI=1S/C27H33NO5/c1-7-27(2,3)19-11-13-22(30-4)18(15-19)16-20-12-14-25(33-20)26(29)28-17-21-23(31-5)9-8-10-24(21)32-6/h8-15H,7,16-17H2,1-6H3,(H,28,29). The molecule has 0 unspecified atom stereocenters. The Kier molecular flexibility index (Phi) is 7.69. The van der Waals surface area contributed by atoms with Gasteiger partial charge in [0.15, 0.2) is 5.76 Å². The maximum absolute atomic E-state index is 12.7. The van der Waals surface area contributed by atoms with Gasteiger partial charge in [0.05, 0.1) is 33.4 Å². The van der Waals surface area contributed by atoms with Crippen molar-refractivity contribution in [1.82, 2.24) is 5.32 Å². The van der Waals surface area contributed by atoms with E-state index in [0.29, 0.717) is 23.7 Å². The van der Waals surface area contributed by atoms with Crippen LogP contribution in [0, 0.1) is 0 Å². The van der Waals surface area contributed by atoms with E-state index in [0.717, 1.165) is 23.3 Å². The minimum atomic E-state index is -0.304. The highest BCUT2D eigenvalue weighted by molar-refractivity contribution is 5.91. The van der Waals surface area contributed by atoms with Crippen molar-refractivity contribution in [2.45, 2.75) is 45.6 Å². The summed E-state index contributed by atoms with van der Waals surface area (Å²) in [7, 11) is 4.84. The lowest BCUT2D eigenvalue weighted by molar-refractivity contribution is 0.0921. The lowest BCUT2D eigenvalue weighted by atomic mass is 9.81. The summed E-state index contributed by atoms with van der Waals surface area (Å²) in [6.07, 6.45) is 1.56. The van der Waals surface area contributed by atoms with E-state index in [1.165, 1.54) is 5.56 Å². The maximum Gasteiger partial charge on any atom is 0.287 e.